The zero-order valence-electron chi connectivity index (χ0n) is 7.07. The van der Waals surface area contributed by atoms with E-state index in [1.807, 2.05) is 6.92 Å². The lowest BCUT2D eigenvalue weighted by Crippen LogP contribution is -2.36. The van der Waals surface area contributed by atoms with Crippen LogP contribution in [0.2, 0.25) is 0 Å². The highest BCUT2D eigenvalue weighted by molar-refractivity contribution is 6.00. The van der Waals surface area contributed by atoms with Crippen molar-refractivity contribution in [3.05, 3.63) is 0 Å². The average Bonchev–Trinajstić information content (AvgIpc) is 2.35. The molecule has 2 atom stereocenters. The van der Waals surface area contributed by atoms with Gasteiger partial charge in [0.05, 0.1) is 0 Å². The Morgan fingerprint density at radius 3 is 3.00 bits per heavy atom. The summed E-state index contributed by atoms with van der Waals surface area (Å²) in [5, 5.41) is 14.9. The summed E-state index contributed by atoms with van der Waals surface area (Å²) in [4.78, 5) is 15.7. The fourth-order valence-electron chi connectivity index (χ4n) is 0.821. The smallest absolute Gasteiger partial charge is 0.253 e. The Labute approximate surface area is 70.4 Å². The quantitative estimate of drug-likeness (QED) is 0.565. The predicted molar refractivity (Wildman–Crippen MR) is 42.4 cm³/mol. The van der Waals surface area contributed by atoms with Crippen LogP contribution < -0.4 is 5.32 Å². The van der Waals surface area contributed by atoms with E-state index in [4.69, 9.17) is 9.94 Å². The molecule has 1 heterocycles. The molecule has 0 aliphatic carbocycles. The van der Waals surface area contributed by atoms with Crippen molar-refractivity contribution >= 4 is 11.7 Å². The predicted octanol–water partition coefficient (Wildman–Crippen LogP) is -0.394. The monoisotopic (exact) mass is 172 g/mol. The second-order valence-electron chi connectivity index (χ2n) is 2.82. The van der Waals surface area contributed by atoms with Crippen LogP contribution in [0.5, 0.6) is 0 Å². The maximum atomic E-state index is 10.9. The number of aliphatic hydroxyl groups excluding tert-OH is 1. The molecular weight excluding hydrogens is 160 g/mol. The summed E-state index contributed by atoms with van der Waals surface area (Å²) in [6.45, 7) is 3.25. The molecule has 68 valence electrons. The number of carbonyl (C=O) groups excluding carboxylic acids is 1. The molecule has 0 bridgehead atoms. The van der Waals surface area contributed by atoms with Crippen molar-refractivity contribution in [1.29, 1.82) is 0 Å². The number of hydrogen-bond donors (Lipinski definition) is 2. The molecule has 0 fully saturated rings. The molecule has 1 aliphatic heterocycles. The first-order valence-corrected chi connectivity index (χ1v) is 3.81. The molecule has 0 saturated carbocycles. The van der Waals surface area contributed by atoms with Crippen molar-refractivity contribution < 1.29 is 14.7 Å². The number of nitrogens with one attached hydrogen (secondary N) is 1. The summed E-state index contributed by atoms with van der Waals surface area (Å²) >= 11 is 0. The second-order valence-corrected chi connectivity index (χ2v) is 2.82. The van der Waals surface area contributed by atoms with Crippen LogP contribution >= 0.6 is 0 Å². The number of amidine groups is 1. The third kappa shape index (κ3) is 2.20. The van der Waals surface area contributed by atoms with Gasteiger partial charge in [-0.15, -0.1) is 0 Å². The maximum Gasteiger partial charge on any atom is 0.253 e. The number of hydrogen-bond acceptors (Lipinski definition) is 4. The minimum atomic E-state index is -1.01. The first kappa shape index (κ1) is 8.99. The van der Waals surface area contributed by atoms with Crippen molar-refractivity contribution in [2.24, 2.45) is 5.16 Å². The number of nitrogens with zero attached hydrogens (tertiary/aromatic N) is 1. The Hall–Kier alpha value is -1.10. The van der Waals surface area contributed by atoms with Gasteiger partial charge in [0, 0.05) is 6.42 Å². The highest BCUT2D eigenvalue weighted by atomic mass is 16.6. The Balaban J connectivity index is 2.38. The van der Waals surface area contributed by atoms with Crippen LogP contribution in [0.4, 0.5) is 0 Å². The fourth-order valence-corrected chi connectivity index (χ4v) is 0.821. The fraction of sp³-hybridized carbons (Fsp3) is 0.714. The van der Waals surface area contributed by atoms with E-state index in [1.54, 1.807) is 0 Å². The number of carbonyl (C=O) groups is 1. The van der Waals surface area contributed by atoms with Gasteiger partial charge >= 0.3 is 0 Å². The third-order valence-electron chi connectivity index (χ3n) is 1.47. The number of rotatable bonds is 1. The van der Waals surface area contributed by atoms with Crippen LogP contribution in [-0.4, -0.2) is 29.1 Å². The van der Waals surface area contributed by atoms with Crippen LogP contribution in [0.25, 0.3) is 0 Å². The topological polar surface area (TPSA) is 70.9 Å². The zero-order valence-corrected chi connectivity index (χ0v) is 7.07. The SMILES string of the molecule is CC1CC(NC(=O)C(C)O)=NO1. The van der Waals surface area contributed by atoms with Crippen LogP contribution in [0.1, 0.15) is 20.3 Å². The molecule has 1 amide bonds. The molecule has 0 spiro atoms. The molecule has 0 radical (unpaired) electrons. The molecule has 2 unspecified atom stereocenters. The van der Waals surface area contributed by atoms with E-state index < -0.39 is 12.0 Å². The Kier molecular flexibility index (Phi) is 2.65. The highest BCUT2D eigenvalue weighted by Crippen LogP contribution is 2.07. The van der Waals surface area contributed by atoms with Gasteiger partial charge in [0.1, 0.15) is 12.2 Å². The van der Waals surface area contributed by atoms with Crippen molar-refractivity contribution in [3.63, 3.8) is 0 Å². The normalized spacial score (nSPS) is 24.2. The summed E-state index contributed by atoms with van der Waals surface area (Å²) in [5.41, 5.74) is 0. The minimum absolute atomic E-state index is 0.00861. The molecule has 0 saturated heterocycles. The van der Waals surface area contributed by atoms with Crippen molar-refractivity contribution in [3.8, 4) is 0 Å². The molecule has 12 heavy (non-hydrogen) atoms. The largest absolute Gasteiger partial charge is 0.391 e. The summed E-state index contributed by atoms with van der Waals surface area (Å²) in [7, 11) is 0. The number of aliphatic hydroxyl groups is 1. The van der Waals surface area contributed by atoms with Gasteiger partial charge in [0.25, 0.3) is 5.91 Å². The first-order chi connectivity index (χ1) is 5.59. The van der Waals surface area contributed by atoms with Gasteiger partial charge in [-0.05, 0) is 13.8 Å². The van der Waals surface area contributed by atoms with E-state index in [2.05, 4.69) is 10.5 Å². The Bertz CT molecular complexity index is 213. The van der Waals surface area contributed by atoms with Gasteiger partial charge in [0.2, 0.25) is 0 Å². The molecule has 1 aliphatic rings. The number of oxime groups is 1. The second kappa shape index (κ2) is 3.53. The Morgan fingerprint density at radius 2 is 2.58 bits per heavy atom. The Morgan fingerprint density at radius 1 is 1.92 bits per heavy atom. The van der Waals surface area contributed by atoms with Gasteiger partial charge < -0.3 is 15.3 Å². The first-order valence-electron chi connectivity index (χ1n) is 3.81. The molecule has 0 aromatic carbocycles. The third-order valence-corrected chi connectivity index (χ3v) is 1.47. The lowest BCUT2D eigenvalue weighted by Gasteiger charge is -2.04. The van der Waals surface area contributed by atoms with E-state index >= 15 is 0 Å². The lowest BCUT2D eigenvalue weighted by molar-refractivity contribution is -0.126. The summed E-state index contributed by atoms with van der Waals surface area (Å²) in [6, 6.07) is 0. The summed E-state index contributed by atoms with van der Waals surface area (Å²) in [6.07, 6.45) is -0.420. The van der Waals surface area contributed by atoms with E-state index in [0.717, 1.165) is 0 Å². The van der Waals surface area contributed by atoms with Gasteiger partial charge in [-0.2, -0.15) is 0 Å². The molecule has 0 aromatic heterocycles. The van der Waals surface area contributed by atoms with E-state index in [0.29, 0.717) is 12.3 Å². The zero-order chi connectivity index (χ0) is 9.14. The highest BCUT2D eigenvalue weighted by Gasteiger charge is 2.19. The molecular formula is C7H12N2O3. The van der Waals surface area contributed by atoms with Gasteiger partial charge in [-0.3, -0.25) is 4.79 Å². The van der Waals surface area contributed by atoms with Gasteiger partial charge in [-0.1, -0.05) is 5.16 Å². The van der Waals surface area contributed by atoms with Crippen LogP contribution in [-0.2, 0) is 9.63 Å². The molecule has 5 nitrogen and oxygen atoms in total. The van der Waals surface area contributed by atoms with Crippen molar-refractivity contribution in [2.75, 3.05) is 0 Å². The van der Waals surface area contributed by atoms with E-state index in [9.17, 15) is 4.79 Å². The molecule has 0 aromatic rings. The minimum Gasteiger partial charge on any atom is -0.391 e. The van der Waals surface area contributed by atoms with Crippen molar-refractivity contribution in [2.45, 2.75) is 32.5 Å². The molecule has 5 heteroatoms. The van der Waals surface area contributed by atoms with Gasteiger partial charge in [0.15, 0.2) is 5.84 Å². The lowest BCUT2D eigenvalue weighted by atomic mass is 10.2. The van der Waals surface area contributed by atoms with Crippen LogP contribution in [0.3, 0.4) is 0 Å². The van der Waals surface area contributed by atoms with E-state index in [1.165, 1.54) is 6.92 Å². The summed E-state index contributed by atoms with van der Waals surface area (Å²) < 4.78 is 0. The average molecular weight is 172 g/mol. The van der Waals surface area contributed by atoms with Crippen molar-refractivity contribution in [1.82, 2.24) is 5.32 Å². The maximum absolute atomic E-state index is 10.9. The van der Waals surface area contributed by atoms with Gasteiger partial charge in [-0.25, -0.2) is 0 Å². The van der Waals surface area contributed by atoms with Crippen LogP contribution in [0, 0.1) is 0 Å². The van der Waals surface area contributed by atoms with E-state index in [-0.39, 0.29) is 6.10 Å². The summed E-state index contributed by atoms with van der Waals surface area (Å²) in [5.74, 6) is 0.0276. The molecule has 1 rings (SSSR count). The molecule has 2 N–H and O–H groups in total. The van der Waals surface area contributed by atoms with Crippen LogP contribution in [0.15, 0.2) is 5.16 Å². The number of amides is 1. The standard InChI is InChI=1S/C7H12N2O3/c1-4-3-6(9-12-4)8-7(11)5(2)10/h4-5,10H,3H2,1-2H3,(H,8,9,11).